The van der Waals surface area contributed by atoms with Gasteiger partial charge in [0.25, 0.3) is 0 Å². The van der Waals surface area contributed by atoms with Crippen molar-refractivity contribution in [3.8, 4) is 17.5 Å². The zero-order valence-corrected chi connectivity index (χ0v) is 19.7. The van der Waals surface area contributed by atoms with Crippen LogP contribution in [0.1, 0.15) is 42.2 Å². The molecule has 4 rings (SSSR count). The highest BCUT2D eigenvalue weighted by Crippen LogP contribution is 2.37. The van der Waals surface area contributed by atoms with Gasteiger partial charge in [-0.15, -0.1) is 21.5 Å². The van der Waals surface area contributed by atoms with Crippen LogP contribution < -0.4 is 5.32 Å². The number of nitrogens with one attached hydrogen (secondary N) is 1. The third kappa shape index (κ3) is 4.64. The summed E-state index contributed by atoms with van der Waals surface area (Å²) in [4.78, 5) is 14.1. The summed E-state index contributed by atoms with van der Waals surface area (Å²) in [7, 11) is 1.88. The molecule has 1 aliphatic carbocycles. The lowest BCUT2D eigenvalue weighted by atomic mass is 10.1. The second-order valence-electron chi connectivity index (χ2n) is 7.50. The number of halogens is 1. The number of nitrogens with zero attached hydrogens (tertiary/aromatic N) is 4. The molecule has 0 aliphatic heterocycles. The summed E-state index contributed by atoms with van der Waals surface area (Å²) in [5.41, 5.74) is 2.67. The molecule has 1 aliphatic rings. The van der Waals surface area contributed by atoms with E-state index in [1.54, 1.807) is 11.3 Å². The van der Waals surface area contributed by atoms with Crippen LogP contribution in [-0.4, -0.2) is 25.9 Å². The number of carbonyl (C=O) groups is 1. The first-order valence-electron chi connectivity index (χ1n) is 10.2. The van der Waals surface area contributed by atoms with Crippen LogP contribution in [0.25, 0.3) is 11.4 Å². The lowest BCUT2D eigenvalue weighted by molar-refractivity contribution is -0.115. The van der Waals surface area contributed by atoms with E-state index in [-0.39, 0.29) is 5.91 Å². The van der Waals surface area contributed by atoms with Gasteiger partial charge in [0.15, 0.2) is 11.0 Å². The van der Waals surface area contributed by atoms with E-state index >= 15 is 0 Å². The number of aryl methyl sites for hydroxylation is 1. The average molecular weight is 472 g/mol. The third-order valence-electron chi connectivity index (χ3n) is 5.36. The molecule has 2 aromatic heterocycles. The fraction of sp³-hybridized carbons (Fsp3) is 0.364. The Morgan fingerprint density at radius 3 is 2.74 bits per heavy atom. The van der Waals surface area contributed by atoms with Gasteiger partial charge in [-0.25, -0.2) is 0 Å². The van der Waals surface area contributed by atoms with Gasteiger partial charge < -0.3 is 9.88 Å². The largest absolute Gasteiger partial charge is 0.316 e. The Bertz CT molecular complexity index is 1150. The maximum Gasteiger partial charge on any atom is 0.238 e. The molecule has 6 nitrogen and oxygen atoms in total. The molecule has 31 heavy (non-hydrogen) atoms. The molecule has 1 unspecified atom stereocenters. The molecular formula is C22H22ClN5OS2. The van der Waals surface area contributed by atoms with E-state index in [4.69, 9.17) is 11.6 Å². The molecule has 0 fully saturated rings. The lowest BCUT2D eigenvalue weighted by Gasteiger charge is -2.11. The standard InChI is InChI=1S/C22H22ClN5OS2/c1-13(30-22-27-26-19(28(22)2)14-8-10-15(23)11-9-14)20(29)25-21-17(12-24)16-6-4-3-5-7-18(16)31-21/h8-11,13H,3-7H2,1-2H3,(H,25,29). The highest BCUT2D eigenvalue weighted by molar-refractivity contribution is 8.00. The van der Waals surface area contributed by atoms with E-state index < -0.39 is 5.25 Å². The summed E-state index contributed by atoms with van der Waals surface area (Å²) < 4.78 is 1.87. The van der Waals surface area contributed by atoms with Crippen molar-refractivity contribution in [3.63, 3.8) is 0 Å². The molecule has 0 bridgehead atoms. The van der Waals surface area contributed by atoms with Crippen molar-refractivity contribution in [2.24, 2.45) is 7.05 Å². The minimum atomic E-state index is -0.394. The topological polar surface area (TPSA) is 83.6 Å². The first-order valence-corrected chi connectivity index (χ1v) is 12.2. The van der Waals surface area contributed by atoms with Gasteiger partial charge in [-0.05, 0) is 62.4 Å². The summed E-state index contributed by atoms with van der Waals surface area (Å²) in [6.45, 7) is 1.83. The Hall–Kier alpha value is -2.34. The van der Waals surface area contributed by atoms with Crippen molar-refractivity contribution in [1.82, 2.24) is 14.8 Å². The van der Waals surface area contributed by atoms with Gasteiger partial charge in [-0.3, -0.25) is 4.79 Å². The third-order valence-corrected chi connectivity index (χ3v) is 7.95. The number of hydrogen-bond donors (Lipinski definition) is 1. The summed E-state index contributed by atoms with van der Waals surface area (Å²) in [5.74, 6) is 0.564. The van der Waals surface area contributed by atoms with E-state index in [0.717, 1.165) is 36.8 Å². The van der Waals surface area contributed by atoms with Crippen molar-refractivity contribution in [2.75, 3.05) is 5.32 Å². The quantitative estimate of drug-likeness (QED) is 0.394. The number of aromatic nitrogens is 3. The molecule has 3 aromatic rings. The molecule has 1 atom stereocenters. The predicted molar refractivity (Wildman–Crippen MR) is 126 cm³/mol. The zero-order chi connectivity index (χ0) is 22.0. The number of nitriles is 1. The number of thiophene rings is 1. The molecule has 1 amide bonds. The molecule has 0 saturated heterocycles. The highest BCUT2D eigenvalue weighted by atomic mass is 35.5. The number of benzene rings is 1. The summed E-state index contributed by atoms with van der Waals surface area (Å²) >= 11 is 8.86. The molecule has 2 heterocycles. The smallest absolute Gasteiger partial charge is 0.238 e. The van der Waals surface area contributed by atoms with Crippen LogP contribution in [0.15, 0.2) is 29.4 Å². The van der Waals surface area contributed by atoms with Gasteiger partial charge in [-0.2, -0.15) is 5.26 Å². The molecule has 0 spiro atoms. The van der Waals surface area contributed by atoms with E-state index in [1.807, 2.05) is 42.8 Å². The van der Waals surface area contributed by atoms with Crippen molar-refractivity contribution < 1.29 is 4.79 Å². The maximum absolute atomic E-state index is 12.9. The summed E-state index contributed by atoms with van der Waals surface area (Å²) in [6, 6.07) is 9.71. The Kier molecular flexibility index (Phi) is 6.65. The Labute approximate surface area is 194 Å². The fourth-order valence-corrected chi connectivity index (χ4v) is 5.83. The fourth-order valence-electron chi connectivity index (χ4n) is 3.64. The van der Waals surface area contributed by atoms with Crippen LogP contribution in [0.2, 0.25) is 5.02 Å². The molecule has 0 saturated carbocycles. The minimum Gasteiger partial charge on any atom is -0.316 e. The summed E-state index contributed by atoms with van der Waals surface area (Å²) in [5, 5.41) is 22.8. The normalized spacial score (nSPS) is 14.4. The van der Waals surface area contributed by atoms with Crippen molar-refractivity contribution >= 4 is 45.6 Å². The van der Waals surface area contributed by atoms with Gasteiger partial charge >= 0.3 is 0 Å². The Morgan fingerprint density at radius 2 is 2.00 bits per heavy atom. The summed E-state index contributed by atoms with van der Waals surface area (Å²) in [6.07, 6.45) is 5.33. The maximum atomic E-state index is 12.9. The van der Waals surface area contributed by atoms with Crippen molar-refractivity contribution in [1.29, 1.82) is 5.26 Å². The van der Waals surface area contributed by atoms with Gasteiger partial charge in [0.1, 0.15) is 11.1 Å². The van der Waals surface area contributed by atoms with Gasteiger partial charge in [0.2, 0.25) is 5.91 Å². The molecule has 160 valence electrons. The van der Waals surface area contributed by atoms with Gasteiger partial charge in [0, 0.05) is 22.5 Å². The first kappa shape index (κ1) is 21.9. The average Bonchev–Trinajstić information content (AvgIpc) is 3.18. The van der Waals surface area contributed by atoms with Crippen LogP contribution in [-0.2, 0) is 24.7 Å². The Morgan fingerprint density at radius 1 is 1.26 bits per heavy atom. The Balaban J connectivity index is 1.48. The number of anilines is 1. The monoisotopic (exact) mass is 471 g/mol. The predicted octanol–water partition coefficient (Wildman–Crippen LogP) is 5.46. The second-order valence-corrected chi connectivity index (χ2v) is 10.4. The van der Waals surface area contributed by atoms with Crippen molar-refractivity contribution in [3.05, 3.63) is 45.3 Å². The number of hydrogen-bond acceptors (Lipinski definition) is 6. The van der Waals surface area contributed by atoms with Crippen molar-refractivity contribution in [2.45, 2.75) is 49.4 Å². The zero-order valence-electron chi connectivity index (χ0n) is 17.3. The first-order chi connectivity index (χ1) is 15.0. The number of thioether (sulfide) groups is 1. The van der Waals surface area contributed by atoms with Crippen LogP contribution in [0, 0.1) is 11.3 Å². The highest BCUT2D eigenvalue weighted by Gasteiger charge is 2.24. The second kappa shape index (κ2) is 9.43. The van der Waals surface area contributed by atoms with Crippen LogP contribution in [0.5, 0.6) is 0 Å². The lowest BCUT2D eigenvalue weighted by Crippen LogP contribution is -2.22. The molecule has 1 N–H and O–H groups in total. The van der Waals surface area contributed by atoms with E-state index in [2.05, 4.69) is 21.6 Å². The van der Waals surface area contributed by atoms with Crippen LogP contribution in [0.3, 0.4) is 0 Å². The van der Waals surface area contributed by atoms with E-state index in [1.165, 1.54) is 23.1 Å². The number of rotatable bonds is 5. The van der Waals surface area contributed by atoms with Gasteiger partial charge in [0.05, 0.1) is 10.8 Å². The number of amides is 1. The van der Waals surface area contributed by atoms with Gasteiger partial charge in [-0.1, -0.05) is 29.8 Å². The van der Waals surface area contributed by atoms with E-state index in [0.29, 0.717) is 26.6 Å². The van der Waals surface area contributed by atoms with E-state index in [9.17, 15) is 10.1 Å². The molecule has 9 heteroatoms. The molecule has 1 aromatic carbocycles. The molecular weight excluding hydrogens is 450 g/mol. The number of fused-ring (bicyclic) bond motifs is 1. The van der Waals surface area contributed by atoms with Crippen LogP contribution >= 0.6 is 34.7 Å². The molecule has 0 radical (unpaired) electrons. The minimum absolute atomic E-state index is 0.144. The van der Waals surface area contributed by atoms with Crippen LogP contribution in [0.4, 0.5) is 5.00 Å². The number of carbonyl (C=O) groups excluding carboxylic acids is 1. The SMILES string of the molecule is CC(Sc1nnc(-c2ccc(Cl)cc2)n1C)C(=O)Nc1sc2c(c1C#N)CCCCC2.